The first kappa shape index (κ1) is 28.1. The second-order valence-corrected chi connectivity index (χ2v) is 10.8. The van der Waals surface area contributed by atoms with Crippen LogP contribution in [-0.2, 0) is 30.7 Å². The van der Waals surface area contributed by atoms with Crippen LogP contribution in [0.3, 0.4) is 0 Å². The molecule has 3 heterocycles. The Morgan fingerprint density at radius 1 is 1.14 bits per heavy atom. The molecule has 0 saturated heterocycles. The topological polar surface area (TPSA) is 104 Å². The second-order valence-electron chi connectivity index (χ2n) is 10.8. The quantitative estimate of drug-likeness (QED) is 0.319. The number of aryl methyl sites for hydroxylation is 2. The molecule has 1 amide bonds. The molecular formula is C30H31F3N6O3. The second kappa shape index (κ2) is 12.0. The lowest BCUT2D eigenvalue weighted by Crippen LogP contribution is -2.23. The van der Waals surface area contributed by atoms with E-state index < -0.39 is 12.3 Å². The van der Waals surface area contributed by atoms with Gasteiger partial charge in [-0.05, 0) is 79.4 Å². The molecule has 2 aliphatic carbocycles. The fraction of sp³-hybridized carbons (Fsp3) is 0.433. The molecule has 0 spiro atoms. The van der Waals surface area contributed by atoms with Gasteiger partial charge in [0.25, 0.3) is 5.91 Å². The van der Waals surface area contributed by atoms with Gasteiger partial charge in [0.05, 0.1) is 30.8 Å². The van der Waals surface area contributed by atoms with Crippen LogP contribution in [0.5, 0.6) is 5.75 Å². The summed E-state index contributed by atoms with van der Waals surface area (Å²) < 4.78 is 48.4. The lowest BCUT2D eigenvalue weighted by atomic mass is 9.93. The van der Waals surface area contributed by atoms with Crippen molar-refractivity contribution < 1.29 is 27.4 Å². The van der Waals surface area contributed by atoms with Crippen LogP contribution in [0.1, 0.15) is 65.1 Å². The number of allylic oxidation sites excluding steroid dienone is 2. The van der Waals surface area contributed by atoms with Gasteiger partial charge >= 0.3 is 6.36 Å². The molecule has 1 aromatic carbocycles. The van der Waals surface area contributed by atoms with Crippen LogP contribution in [0.25, 0.3) is 5.57 Å². The highest BCUT2D eigenvalue weighted by Gasteiger charge is 2.36. The van der Waals surface area contributed by atoms with E-state index in [0.29, 0.717) is 24.6 Å². The number of carbonyl (C=O) groups is 1. The molecule has 1 N–H and O–H groups in total. The maximum Gasteiger partial charge on any atom is 0.573 e. The van der Waals surface area contributed by atoms with E-state index in [4.69, 9.17) is 4.74 Å². The zero-order valence-corrected chi connectivity index (χ0v) is 23.0. The summed E-state index contributed by atoms with van der Waals surface area (Å²) in [5, 5.41) is 19.7. The molecule has 220 valence electrons. The van der Waals surface area contributed by atoms with Crippen molar-refractivity contribution in [3.63, 3.8) is 0 Å². The van der Waals surface area contributed by atoms with Crippen LogP contribution in [0, 0.1) is 5.92 Å². The van der Waals surface area contributed by atoms with E-state index in [0.717, 1.165) is 50.1 Å². The summed E-state index contributed by atoms with van der Waals surface area (Å²) in [7, 11) is 0. The fourth-order valence-corrected chi connectivity index (χ4v) is 5.50. The lowest BCUT2D eigenvalue weighted by Gasteiger charge is -2.17. The molecule has 1 fully saturated rings. The van der Waals surface area contributed by atoms with Crippen molar-refractivity contribution in [2.45, 2.75) is 64.4 Å². The van der Waals surface area contributed by atoms with Gasteiger partial charge in [-0.25, -0.2) is 0 Å². The maximum absolute atomic E-state index is 12.5. The number of halogens is 3. The number of rotatable bonds is 11. The number of fused-ring (bicyclic) bond motifs is 1. The minimum absolute atomic E-state index is 0.0205. The van der Waals surface area contributed by atoms with Gasteiger partial charge in [-0.2, -0.15) is 10.2 Å². The highest BCUT2D eigenvalue weighted by atomic mass is 19.4. The van der Waals surface area contributed by atoms with Crippen molar-refractivity contribution >= 4 is 11.5 Å². The molecule has 9 nitrogen and oxygen atoms in total. The van der Waals surface area contributed by atoms with Crippen molar-refractivity contribution in [1.29, 1.82) is 0 Å². The van der Waals surface area contributed by atoms with E-state index in [1.54, 1.807) is 16.9 Å². The first-order valence-corrected chi connectivity index (χ1v) is 14.2. The Morgan fingerprint density at radius 2 is 2.02 bits per heavy atom. The number of nitrogens with one attached hydrogen (secondary N) is 1. The molecule has 3 aromatic rings. The predicted molar refractivity (Wildman–Crippen MR) is 146 cm³/mol. The zero-order chi connectivity index (χ0) is 29.1. The minimum atomic E-state index is -4.78. The van der Waals surface area contributed by atoms with Gasteiger partial charge in [-0.1, -0.05) is 29.0 Å². The molecule has 2 aromatic heterocycles. The summed E-state index contributed by atoms with van der Waals surface area (Å²) in [4.78, 5) is 12.5. The van der Waals surface area contributed by atoms with E-state index in [1.165, 1.54) is 53.3 Å². The Bertz CT molecular complexity index is 1530. The zero-order valence-electron chi connectivity index (χ0n) is 23.0. The number of nitrogens with zero attached hydrogens (tertiary/aromatic N) is 5. The number of hydrogen-bond acceptors (Lipinski definition) is 7. The van der Waals surface area contributed by atoms with Crippen LogP contribution in [0.4, 0.5) is 13.2 Å². The van der Waals surface area contributed by atoms with Crippen molar-refractivity contribution in [3.05, 3.63) is 82.0 Å². The molecule has 6 rings (SSSR count). The molecule has 1 aliphatic heterocycles. The third-order valence-corrected chi connectivity index (χ3v) is 7.65. The predicted octanol–water partition coefficient (Wildman–Crippen LogP) is 4.99. The number of alkyl halides is 3. The average Bonchev–Trinajstić information content (AvgIpc) is 3.59. The Labute approximate surface area is 240 Å². The highest BCUT2D eigenvalue weighted by molar-refractivity contribution is 5.91. The van der Waals surface area contributed by atoms with Crippen LogP contribution in [-0.4, -0.2) is 50.7 Å². The molecule has 1 saturated carbocycles. The van der Waals surface area contributed by atoms with Gasteiger partial charge in [0.2, 0.25) is 0 Å². The average molecular weight is 581 g/mol. The number of unbranched alkanes of at least 4 members (excludes halogenated alkanes) is 1. The van der Waals surface area contributed by atoms with Crippen LogP contribution < -0.4 is 10.1 Å². The monoisotopic (exact) mass is 580 g/mol. The van der Waals surface area contributed by atoms with E-state index in [-0.39, 0.29) is 18.0 Å². The number of carbonyl (C=O) groups excluding carboxylic acids is 1. The Hall–Kier alpha value is -4.06. The number of aromatic nitrogens is 5. The lowest BCUT2D eigenvalue weighted by molar-refractivity contribution is -0.274. The Morgan fingerprint density at radius 3 is 2.81 bits per heavy atom. The SMILES string of the molecule is O=C(NCc1cccc(OC(F)(F)F)c1)c1cn(CCCCc2cc3c(nn2)CC(C2CC2)=C3C2=CCOCC2)nn1. The molecule has 0 radical (unpaired) electrons. The molecule has 0 atom stereocenters. The van der Waals surface area contributed by atoms with Gasteiger partial charge in [-0.3, -0.25) is 9.48 Å². The summed E-state index contributed by atoms with van der Waals surface area (Å²) in [5.41, 5.74) is 8.19. The van der Waals surface area contributed by atoms with Gasteiger partial charge < -0.3 is 14.8 Å². The van der Waals surface area contributed by atoms with E-state index in [2.05, 4.69) is 42.7 Å². The molecular weight excluding hydrogens is 549 g/mol. The third-order valence-electron chi connectivity index (χ3n) is 7.65. The summed E-state index contributed by atoms with van der Waals surface area (Å²) in [6.45, 7) is 2.03. The summed E-state index contributed by atoms with van der Waals surface area (Å²) in [6.07, 6.45) is 5.83. The van der Waals surface area contributed by atoms with Gasteiger partial charge in [0.1, 0.15) is 5.75 Å². The van der Waals surface area contributed by atoms with Gasteiger partial charge in [0.15, 0.2) is 5.69 Å². The highest BCUT2D eigenvalue weighted by Crippen LogP contribution is 2.48. The first-order valence-electron chi connectivity index (χ1n) is 14.2. The standard InChI is InChI=1S/C30H31F3N6O3/c31-30(32,33)42-23-6-3-4-19(14-23)17-34-29(40)27-18-39(38-37-27)11-2-1-5-22-15-25-26(36-35-22)16-24(20-7-8-20)28(25)21-9-12-41-13-10-21/h3-4,6,9,14-15,18,20H,1-2,5,7-8,10-13,16-17H2,(H,34,40). The summed E-state index contributed by atoms with van der Waals surface area (Å²) in [6, 6.07) is 7.66. The van der Waals surface area contributed by atoms with E-state index >= 15 is 0 Å². The number of benzene rings is 1. The van der Waals surface area contributed by atoms with Crippen molar-refractivity contribution in [3.8, 4) is 5.75 Å². The van der Waals surface area contributed by atoms with Gasteiger partial charge in [-0.15, -0.1) is 18.3 Å². The number of amides is 1. The number of ether oxygens (including phenoxy) is 2. The van der Waals surface area contributed by atoms with E-state index in [1.807, 2.05) is 0 Å². The van der Waals surface area contributed by atoms with Crippen LogP contribution in [0.2, 0.25) is 0 Å². The largest absolute Gasteiger partial charge is 0.573 e. The molecule has 42 heavy (non-hydrogen) atoms. The van der Waals surface area contributed by atoms with Crippen molar-refractivity contribution in [2.75, 3.05) is 13.2 Å². The van der Waals surface area contributed by atoms with Crippen molar-refractivity contribution in [1.82, 2.24) is 30.5 Å². The molecule has 0 bridgehead atoms. The number of hydrogen-bond donors (Lipinski definition) is 1. The fourth-order valence-electron chi connectivity index (χ4n) is 5.50. The van der Waals surface area contributed by atoms with Crippen molar-refractivity contribution in [2.24, 2.45) is 5.92 Å². The summed E-state index contributed by atoms with van der Waals surface area (Å²) in [5.74, 6) is -0.131. The molecule has 0 unspecified atom stereocenters. The third kappa shape index (κ3) is 6.87. The summed E-state index contributed by atoms with van der Waals surface area (Å²) >= 11 is 0. The van der Waals surface area contributed by atoms with Crippen LogP contribution >= 0.6 is 0 Å². The van der Waals surface area contributed by atoms with Crippen LogP contribution in [0.15, 0.2) is 53.8 Å². The first-order chi connectivity index (χ1) is 20.3. The smallest absolute Gasteiger partial charge is 0.406 e. The van der Waals surface area contributed by atoms with Gasteiger partial charge in [0, 0.05) is 25.1 Å². The molecule has 3 aliphatic rings. The minimum Gasteiger partial charge on any atom is -0.406 e. The Balaban J connectivity index is 0.995. The van der Waals surface area contributed by atoms with E-state index in [9.17, 15) is 18.0 Å². The normalized spacial score (nSPS) is 16.8. The Kier molecular flexibility index (Phi) is 8.05. The molecule has 12 heteroatoms. The maximum atomic E-state index is 12.5.